The summed E-state index contributed by atoms with van der Waals surface area (Å²) in [6, 6.07) is 47.1. The number of imidazole rings is 1. The first-order chi connectivity index (χ1) is 29.9. The standard InChI is InChI=1S/C58H57N3O2/c1-35-19-17-20-36(2)52(35)51-30-40-34-59-47(33-50(40)63-51)39-27-38(28-41(29-39)56(3,4)5)44-24-18-26-49-53(44)60-55(45-31-42(57(6,7)8)32-46(54(45)62)58(9,10)11)61(49)48-25-16-15-23-43(48)37-21-13-12-14-22-37/h12-34,62H,1-11H3. The van der Waals surface area contributed by atoms with Gasteiger partial charge >= 0.3 is 0 Å². The van der Waals surface area contributed by atoms with Gasteiger partial charge in [-0.15, -0.1) is 0 Å². The predicted octanol–water partition coefficient (Wildman–Crippen LogP) is 15.7. The summed E-state index contributed by atoms with van der Waals surface area (Å²) in [5, 5.41) is 13.4. The van der Waals surface area contributed by atoms with Crippen LogP contribution in [0.25, 0.3) is 83.9 Å². The molecule has 316 valence electrons. The number of para-hydroxylation sites is 2. The number of hydrogen-bond donors (Lipinski definition) is 1. The van der Waals surface area contributed by atoms with E-state index in [0.717, 1.165) is 83.7 Å². The fourth-order valence-electron chi connectivity index (χ4n) is 8.88. The quantitative estimate of drug-likeness (QED) is 0.181. The van der Waals surface area contributed by atoms with Crippen molar-refractivity contribution in [1.82, 2.24) is 14.5 Å². The van der Waals surface area contributed by atoms with E-state index in [9.17, 15) is 5.11 Å². The first kappa shape index (κ1) is 41.6. The Morgan fingerprint density at radius 2 is 1.19 bits per heavy atom. The number of phenolic OH excluding ortho intramolecular Hbond substituents is 1. The third-order valence-corrected chi connectivity index (χ3v) is 12.5. The Kier molecular flexibility index (Phi) is 10.1. The second kappa shape index (κ2) is 15.3. The first-order valence-corrected chi connectivity index (χ1v) is 22.0. The summed E-state index contributed by atoms with van der Waals surface area (Å²) < 4.78 is 8.84. The molecule has 0 unspecified atom stereocenters. The number of phenols is 1. The van der Waals surface area contributed by atoms with E-state index < -0.39 is 0 Å². The molecule has 0 spiro atoms. The normalized spacial score (nSPS) is 12.4. The molecular formula is C58H57N3O2. The molecule has 63 heavy (non-hydrogen) atoms. The van der Waals surface area contributed by atoms with Crippen molar-refractivity contribution in [3.63, 3.8) is 0 Å². The van der Waals surface area contributed by atoms with Gasteiger partial charge in [-0.3, -0.25) is 9.55 Å². The summed E-state index contributed by atoms with van der Waals surface area (Å²) >= 11 is 0. The third kappa shape index (κ3) is 7.64. The van der Waals surface area contributed by atoms with Crippen LogP contribution in [0.1, 0.15) is 90.1 Å². The minimum absolute atomic E-state index is 0.162. The molecule has 1 N–H and O–H groups in total. The van der Waals surface area contributed by atoms with E-state index in [1.807, 2.05) is 12.3 Å². The Morgan fingerprint density at radius 1 is 0.556 bits per heavy atom. The fourth-order valence-corrected chi connectivity index (χ4v) is 8.88. The lowest BCUT2D eigenvalue weighted by Crippen LogP contribution is -2.17. The Bertz CT molecular complexity index is 3180. The Labute approximate surface area is 372 Å². The van der Waals surface area contributed by atoms with Gasteiger partial charge in [-0.25, -0.2) is 4.98 Å². The summed E-state index contributed by atoms with van der Waals surface area (Å²) in [6.45, 7) is 24.2. The summed E-state index contributed by atoms with van der Waals surface area (Å²) in [5.74, 6) is 1.79. The van der Waals surface area contributed by atoms with Crippen LogP contribution in [0.5, 0.6) is 5.75 Å². The number of pyridine rings is 1. The maximum absolute atomic E-state index is 12.4. The highest BCUT2D eigenvalue weighted by Crippen LogP contribution is 2.46. The number of benzene rings is 6. The van der Waals surface area contributed by atoms with Crippen molar-refractivity contribution in [2.45, 2.75) is 92.4 Å². The number of fused-ring (bicyclic) bond motifs is 2. The van der Waals surface area contributed by atoms with Gasteiger partial charge in [0, 0.05) is 45.5 Å². The molecule has 5 heteroatoms. The van der Waals surface area contributed by atoms with Gasteiger partial charge in [0.05, 0.1) is 28.0 Å². The van der Waals surface area contributed by atoms with Crippen LogP contribution in [0.4, 0.5) is 0 Å². The average Bonchev–Trinajstić information content (AvgIpc) is 3.84. The summed E-state index contributed by atoms with van der Waals surface area (Å²) in [5.41, 5.74) is 16.4. The average molecular weight is 828 g/mol. The molecule has 0 amide bonds. The van der Waals surface area contributed by atoms with Crippen LogP contribution in [0.3, 0.4) is 0 Å². The number of rotatable bonds is 6. The van der Waals surface area contributed by atoms with Crippen LogP contribution in [0, 0.1) is 13.8 Å². The maximum atomic E-state index is 12.4. The van der Waals surface area contributed by atoms with Crippen molar-refractivity contribution >= 4 is 22.0 Å². The highest BCUT2D eigenvalue weighted by Gasteiger charge is 2.29. The lowest BCUT2D eigenvalue weighted by molar-refractivity contribution is 0.446. The smallest absolute Gasteiger partial charge is 0.149 e. The van der Waals surface area contributed by atoms with Crippen LogP contribution >= 0.6 is 0 Å². The van der Waals surface area contributed by atoms with Crippen molar-refractivity contribution in [2.24, 2.45) is 0 Å². The molecule has 0 aliphatic heterocycles. The number of aromatic nitrogens is 3. The second-order valence-electron chi connectivity index (χ2n) is 20.3. The summed E-state index contributed by atoms with van der Waals surface area (Å²) in [4.78, 5) is 10.7. The van der Waals surface area contributed by atoms with Gasteiger partial charge in [0.1, 0.15) is 22.9 Å². The van der Waals surface area contributed by atoms with Gasteiger partial charge in [-0.2, -0.15) is 0 Å². The first-order valence-electron chi connectivity index (χ1n) is 22.0. The van der Waals surface area contributed by atoms with Crippen molar-refractivity contribution in [3.8, 4) is 67.7 Å². The molecule has 0 atom stereocenters. The number of aromatic hydroxyl groups is 1. The van der Waals surface area contributed by atoms with Crippen LogP contribution in [-0.2, 0) is 16.2 Å². The fraction of sp³-hybridized carbons (Fsp3) is 0.241. The third-order valence-electron chi connectivity index (χ3n) is 12.5. The molecule has 0 radical (unpaired) electrons. The Balaban J connectivity index is 1.30. The van der Waals surface area contributed by atoms with E-state index in [1.165, 1.54) is 16.7 Å². The van der Waals surface area contributed by atoms with Crippen LogP contribution in [0.2, 0.25) is 0 Å². The predicted molar refractivity (Wildman–Crippen MR) is 263 cm³/mol. The highest BCUT2D eigenvalue weighted by atomic mass is 16.3. The maximum Gasteiger partial charge on any atom is 0.149 e. The van der Waals surface area contributed by atoms with E-state index in [2.05, 4.69) is 208 Å². The van der Waals surface area contributed by atoms with Crippen molar-refractivity contribution in [2.75, 3.05) is 0 Å². The molecule has 5 nitrogen and oxygen atoms in total. The van der Waals surface area contributed by atoms with E-state index in [1.54, 1.807) is 0 Å². The molecular weight excluding hydrogens is 771 g/mol. The Morgan fingerprint density at radius 3 is 1.89 bits per heavy atom. The Hall–Kier alpha value is -6.72. The molecule has 3 heterocycles. The highest BCUT2D eigenvalue weighted by molar-refractivity contribution is 5.98. The van der Waals surface area contributed by atoms with Gasteiger partial charge in [-0.1, -0.05) is 153 Å². The molecule has 0 saturated heterocycles. The molecule has 0 saturated carbocycles. The largest absolute Gasteiger partial charge is 0.507 e. The van der Waals surface area contributed by atoms with Crippen molar-refractivity contribution in [3.05, 3.63) is 167 Å². The number of furan rings is 1. The van der Waals surface area contributed by atoms with Crippen LogP contribution in [-0.4, -0.2) is 19.6 Å². The zero-order chi connectivity index (χ0) is 44.6. The van der Waals surface area contributed by atoms with Gasteiger partial charge in [0.15, 0.2) is 0 Å². The van der Waals surface area contributed by atoms with Crippen molar-refractivity contribution in [1.29, 1.82) is 0 Å². The zero-order valence-electron chi connectivity index (χ0n) is 38.5. The molecule has 9 rings (SSSR count). The second-order valence-corrected chi connectivity index (χ2v) is 20.3. The van der Waals surface area contributed by atoms with Gasteiger partial charge in [-0.05, 0) is 99.9 Å². The lowest BCUT2D eigenvalue weighted by Gasteiger charge is -2.27. The van der Waals surface area contributed by atoms with E-state index >= 15 is 0 Å². The van der Waals surface area contributed by atoms with E-state index in [0.29, 0.717) is 11.4 Å². The summed E-state index contributed by atoms with van der Waals surface area (Å²) in [7, 11) is 0. The van der Waals surface area contributed by atoms with Gasteiger partial charge in [0.25, 0.3) is 0 Å². The number of nitrogens with zero attached hydrogens (tertiary/aromatic N) is 3. The van der Waals surface area contributed by atoms with E-state index in [-0.39, 0.29) is 22.0 Å². The summed E-state index contributed by atoms with van der Waals surface area (Å²) in [6.07, 6.45) is 1.93. The van der Waals surface area contributed by atoms with Gasteiger partial charge < -0.3 is 9.52 Å². The SMILES string of the molecule is Cc1cccc(C)c1-c1cc2cnc(-c3cc(-c4cccc5c4nc(-c4cc(C(C)(C)C)cc(C(C)(C)C)c4O)n5-c4ccccc4-c4ccccc4)cc(C(C)(C)C)c3)cc2o1. The minimum atomic E-state index is -0.318. The van der Waals surface area contributed by atoms with Gasteiger partial charge in [0.2, 0.25) is 0 Å². The topological polar surface area (TPSA) is 64.1 Å². The molecule has 3 aromatic heterocycles. The molecule has 0 aliphatic rings. The molecule has 6 aromatic carbocycles. The minimum Gasteiger partial charge on any atom is -0.507 e. The van der Waals surface area contributed by atoms with Crippen LogP contribution in [0.15, 0.2) is 144 Å². The molecule has 0 fully saturated rings. The molecule has 0 bridgehead atoms. The monoisotopic (exact) mass is 827 g/mol. The van der Waals surface area contributed by atoms with Crippen molar-refractivity contribution < 1.29 is 9.52 Å². The zero-order valence-corrected chi connectivity index (χ0v) is 38.5. The molecule has 0 aliphatic carbocycles. The van der Waals surface area contributed by atoms with Crippen LogP contribution < -0.4 is 0 Å². The number of aryl methyl sites for hydroxylation is 2. The lowest BCUT2D eigenvalue weighted by atomic mass is 9.79. The van der Waals surface area contributed by atoms with E-state index in [4.69, 9.17) is 14.4 Å². The molecule has 9 aromatic rings. The number of hydrogen-bond acceptors (Lipinski definition) is 4.